The number of nitrogens with one attached hydrogen (secondary N) is 1. The smallest absolute Gasteiger partial charge is 0.264 e. The summed E-state index contributed by atoms with van der Waals surface area (Å²) in [6, 6.07) is 3.48. The molecule has 2 aliphatic heterocycles. The molecule has 4 heterocycles. The third kappa shape index (κ3) is 4.24. The van der Waals surface area contributed by atoms with Gasteiger partial charge in [-0.15, -0.1) is 0 Å². The van der Waals surface area contributed by atoms with Crippen molar-refractivity contribution in [2.24, 2.45) is 7.05 Å². The van der Waals surface area contributed by atoms with Gasteiger partial charge in [-0.2, -0.15) is 10.2 Å². The van der Waals surface area contributed by atoms with Crippen molar-refractivity contribution >= 4 is 17.4 Å². The van der Waals surface area contributed by atoms with Crippen LogP contribution in [0.15, 0.2) is 24.5 Å². The van der Waals surface area contributed by atoms with Crippen molar-refractivity contribution < 1.29 is 13.6 Å². The number of anilines is 2. The minimum atomic E-state index is -2.61. The topological polar surface area (TPSA) is 70.1 Å². The van der Waals surface area contributed by atoms with Crippen LogP contribution in [0.4, 0.5) is 20.3 Å². The lowest BCUT2D eigenvalue weighted by molar-refractivity contribution is -0.129. The maximum atomic E-state index is 14.1. The third-order valence-corrected chi connectivity index (χ3v) is 6.23. The monoisotopic (exact) mass is 456 g/mol. The molecule has 7 nitrogen and oxygen atoms in total. The zero-order chi connectivity index (χ0) is 23.7. The van der Waals surface area contributed by atoms with Crippen LogP contribution in [0.3, 0.4) is 0 Å². The summed E-state index contributed by atoms with van der Waals surface area (Å²) in [7, 11) is 1.77. The van der Waals surface area contributed by atoms with Gasteiger partial charge in [0.2, 0.25) is 5.91 Å². The van der Waals surface area contributed by atoms with Crippen molar-refractivity contribution in [2.45, 2.75) is 53.0 Å². The predicted octanol–water partition coefficient (Wildman–Crippen LogP) is 4.76. The molecular formula is C24H30F2N6O. The number of hydrogen-bond donors (Lipinski definition) is 1. The summed E-state index contributed by atoms with van der Waals surface area (Å²) in [5.74, 6) is 0.759. The second-order valence-electron chi connectivity index (χ2n) is 8.22. The Bertz CT molecular complexity index is 1150. The molecule has 0 unspecified atom stereocenters. The quantitative estimate of drug-likeness (QED) is 0.617. The molecule has 2 aliphatic rings. The lowest BCUT2D eigenvalue weighted by Gasteiger charge is -2.33. The first-order valence-electron chi connectivity index (χ1n) is 11.5. The molecule has 176 valence electrons. The molecule has 0 bridgehead atoms. The normalized spacial score (nSPS) is 15.1. The van der Waals surface area contributed by atoms with E-state index in [0.717, 1.165) is 41.2 Å². The highest BCUT2D eigenvalue weighted by Crippen LogP contribution is 2.42. The SMILES string of the molecule is CC.CC(=O)N1CCc2[nH]nc(N3CCCc4cc(-c5cnn(C)c5)c(C(F)F)cc43)c2C1. The molecule has 9 heteroatoms. The summed E-state index contributed by atoms with van der Waals surface area (Å²) in [6.07, 6.45) is 3.19. The Morgan fingerprint density at radius 2 is 1.97 bits per heavy atom. The van der Waals surface area contributed by atoms with Gasteiger partial charge < -0.3 is 9.80 Å². The molecule has 0 aliphatic carbocycles. The molecule has 0 fully saturated rings. The maximum absolute atomic E-state index is 14.1. The maximum Gasteiger partial charge on any atom is 0.264 e. The Hall–Kier alpha value is -3.23. The van der Waals surface area contributed by atoms with E-state index in [0.29, 0.717) is 37.2 Å². The molecule has 1 aromatic carbocycles. The van der Waals surface area contributed by atoms with Crippen molar-refractivity contribution in [3.8, 4) is 11.1 Å². The summed E-state index contributed by atoms with van der Waals surface area (Å²) in [5, 5.41) is 11.8. The van der Waals surface area contributed by atoms with Gasteiger partial charge in [-0.05, 0) is 36.1 Å². The fraction of sp³-hybridized carbons (Fsp3) is 0.458. The highest BCUT2D eigenvalue weighted by Gasteiger charge is 2.30. The zero-order valence-electron chi connectivity index (χ0n) is 19.5. The summed E-state index contributed by atoms with van der Waals surface area (Å²) in [6.45, 7) is 7.40. The molecular weight excluding hydrogens is 426 g/mol. The van der Waals surface area contributed by atoms with Gasteiger partial charge >= 0.3 is 0 Å². The molecule has 33 heavy (non-hydrogen) atoms. The number of benzene rings is 1. The Morgan fingerprint density at radius 3 is 2.64 bits per heavy atom. The van der Waals surface area contributed by atoms with E-state index in [1.54, 1.807) is 42.0 Å². The number of carbonyl (C=O) groups excluding carboxylic acids is 1. The van der Waals surface area contributed by atoms with Crippen LogP contribution in [-0.4, -0.2) is 43.9 Å². The highest BCUT2D eigenvalue weighted by molar-refractivity contribution is 5.78. The Morgan fingerprint density at radius 1 is 1.18 bits per heavy atom. The number of rotatable bonds is 3. The van der Waals surface area contributed by atoms with Crippen molar-refractivity contribution in [3.05, 3.63) is 46.9 Å². The van der Waals surface area contributed by atoms with E-state index in [1.165, 1.54) is 0 Å². The number of carbonyl (C=O) groups is 1. The zero-order valence-corrected chi connectivity index (χ0v) is 19.5. The summed E-state index contributed by atoms with van der Waals surface area (Å²) in [4.78, 5) is 15.7. The van der Waals surface area contributed by atoms with Gasteiger partial charge in [0, 0.05) is 67.8 Å². The molecule has 0 atom stereocenters. The first-order valence-corrected chi connectivity index (χ1v) is 11.5. The van der Waals surface area contributed by atoms with Crippen molar-refractivity contribution in [1.82, 2.24) is 24.9 Å². The van der Waals surface area contributed by atoms with Crippen LogP contribution in [-0.2, 0) is 31.2 Å². The number of aromatic nitrogens is 4. The van der Waals surface area contributed by atoms with Crippen LogP contribution in [0.25, 0.3) is 11.1 Å². The van der Waals surface area contributed by atoms with Crippen molar-refractivity contribution in [3.63, 3.8) is 0 Å². The minimum absolute atomic E-state index is 0.00610. The van der Waals surface area contributed by atoms with E-state index in [9.17, 15) is 13.6 Å². The lowest BCUT2D eigenvalue weighted by Crippen LogP contribution is -2.35. The first-order chi connectivity index (χ1) is 15.9. The Labute approximate surface area is 192 Å². The number of fused-ring (bicyclic) bond motifs is 2. The summed E-state index contributed by atoms with van der Waals surface area (Å²) >= 11 is 0. The van der Waals surface area contributed by atoms with E-state index >= 15 is 0 Å². The molecule has 0 saturated heterocycles. The van der Waals surface area contributed by atoms with Crippen LogP contribution < -0.4 is 4.90 Å². The van der Waals surface area contributed by atoms with Crippen LogP contribution in [0.1, 0.15) is 56.0 Å². The first kappa shape index (κ1) is 22.9. The van der Waals surface area contributed by atoms with Gasteiger partial charge in [-0.1, -0.05) is 13.8 Å². The van der Waals surface area contributed by atoms with Gasteiger partial charge in [0.15, 0.2) is 5.82 Å². The number of alkyl halides is 2. The second-order valence-corrected chi connectivity index (χ2v) is 8.22. The fourth-order valence-corrected chi connectivity index (χ4v) is 4.63. The number of nitrogens with zero attached hydrogens (tertiary/aromatic N) is 5. The van der Waals surface area contributed by atoms with Gasteiger partial charge in [-0.3, -0.25) is 14.6 Å². The van der Waals surface area contributed by atoms with E-state index in [-0.39, 0.29) is 11.5 Å². The molecule has 2 aromatic heterocycles. The number of hydrogen-bond acceptors (Lipinski definition) is 4. The Balaban J connectivity index is 0.00000126. The number of halogens is 2. The lowest BCUT2D eigenvalue weighted by atomic mass is 9.92. The van der Waals surface area contributed by atoms with Gasteiger partial charge in [0.25, 0.3) is 6.43 Å². The average molecular weight is 457 g/mol. The summed E-state index contributed by atoms with van der Waals surface area (Å²) in [5.41, 5.74) is 4.98. The molecule has 0 spiro atoms. The number of H-pyrrole nitrogens is 1. The standard InChI is InChI=1S/C22H24F2N6O.C2H6/c1-13(31)29-7-5-19-18(12-29)22(27-26-19)30-6-3-4-14-8-16(15-10-25-28(2)11-15)17(21(23)24)9-20(14)30;1-2/h8-11,21H,3-7,12H2,1-2H3,(H,26,27);1-2H3. The van der Waals surface area contributed by atoms with Crippen LogP contribution in [0.2, 0.25) is 0 Å². The largest absolute Gasteiger partial charge is 0.338 e. The molecule has 1 N–H and O–H groups in total. The van der Waals surface area contributed by atoms with Crippen LogP contribution >= 0.6 is 0 Å². The van der Waals surface area contributed by atoms with Gasteiger partial charge in [-0.25, -0.2) is 8.78 Å². The number of aromatic amines is 1. The third-order valence-electron chi connectivity index (χ3n) is 6.23. The van der Waals surface area contributed by atoms with E-state index in [1.807, 2.05) is 24.8 Å². The van der Waals surface area contributed by atoms with E-state index < -0.39 is 6.43 Å². The fourth-order valence-electron chi connectivity index (χ4n) is 4.63. The van der Waals surface area contributed by atoms with E-state index in [4.69, 9.17) is 0 Å². The number of amides is 1. The van der Waals surface area contributed by atoms with E-state index in [2.05, 4.69) is 15.3 Å². The summed E-state index contributed by atoms with van der Waals surface area (Å²) < 4.78 is 29.7. The molecule has 0 radical (unpaired) electrons. The predicted molar refractivity (Wildman–Crippen MR) is 124 cm³/mol. The minimum Gasteiger partial charge on any atom is -0.338 e. The molecule has 3 aromatic rings. The molecule has 0 saturated carbocycles. The number of aryl methyl sites for hydroxylation is 2. The van der Waals surface area contributed by atoms with Crippen LogP contribution in [0.5, 0.6) is 0 Å². The average Bonchev–Trinajstić information content (AvgIpc) is 3.44. The second kappa shape index (κ2) is 9.33. The van der Waals surface area contributed by atoms with Crippen LogP contribution in [0, 0.1) is 0 Å². The van der Waals surface area contributed by atoms with Gasteiger partial charge in [0.1, 0.15) is 0 Å². The Kier molecular flexibility index (Phi) is 6.49. The molecule has 5 rings (SSSR count). The van der Waals surface area contributed by atoms with Gasteiger partial charge in [0.05, 0.1) is 12.7 Å². The van der Waals surface area contributed by atoms with Crippen molar-refractivity contribution in [2.75, 3.05) is 18.0 Å². The molecule has 1 amide bonds. The van der Waals surface area contributed by atoms with Crippen molar-refractivity contribution in [1.29, 1.82) is 0 Å². The highest BCUT2D eigenvalue weighted by atomic mass is 19.3.